The molecule has 0 amide bonds. The molecule has 0 heteroatoms. The van der Waals surface area contributed by atoms with Gasteiger partial charge >= 0.3 is 0 Å². The van der Waals surface area contributed by atoms with Crippen LogP contribution in [0.1, 0.15) is 78.1 Å². The molecule has 0 saturated heterocycles. The molecular formula is C18H32. The third-order valence-corrected chi connectivity index (χ3v) is 6.64. The highest BCUT2D eigenvalue weighted by molar-refractivity contribution is 4.88. The van der Waals surface area contributed by atoms with E-state index >= 15 is 0 Å². The molecule has 3 rings (SSSR count). The number of hydrogen-bond donors (Lipinski definition) is 0. The zero-order valence-electron chi connectivity index (χ0n) is 12.5. The van der Waals surface area contributed by atoms with E-state index in [4.69, 9.17) is 0 Å². The Morgan fingerprint density at radius 3 is 1.61 bits per heavy atom. The fourth-order valence-corrected chi connectivity index (χ4v) is 5.35. The van der Waals surface area contributed by atoms with Gasteiger partial charge in [0, 0.05) is 0 Å². The summed E-state index contributed by atoms with van der Waals surface area (Å²) >= 11 is 0. The first-order valence-electron chi connectivity index (χ1n) is 8.72. The maximum Gasteiger partial charge on any atom is -0.0383 e. The Labute approximate surface area is 114 Å². The Balaban J connectivity index is 1.54. The van der Waals surface area contributed by atoms with Crippen LogP contribution in [0, 0.1) is 35.5 Å². The van der Waals surface area contributed by atoms with Crippen molar-refractivity contribution in [2.24, 2.45) is 35.5 Å². The topological polar surface area (TPSA) is 0 Å². The van der Waals surface area contributed by atoms with Gasteiger partial charge < -0.3 is 0 Å². The molecule has 3 saturated carbocycles. The standard InChI is InChI=1S/C18H32/c1-13-3-6-15(7-4-13)17-10-9-16-11-14(2)5-8-18(16)12-17/h13-18H,3-12H2,1-2H3. The molecule has 0 radical (unpaired) electrons. The van der Waals surface area contributed by atoms with Gasteiger partial charge in [-0.15, -0.1) is 0 Å². The molecular weight excluding hydrogens is 216 g/mol. The van der Waals surface area contributed by atoms with Crippen LogP contribution in [0.5, 0.6) is 0 Å². The highest BCUT2D eigenvalue weighted by atomic mass is 14.4. The fourth-order valence-electron chi connectivity index (χ4n) is 5.35. The molecule has 3 aliphatic rings. The van der Waals surface area contributed by atoms with E-state index in [1.807, 2.05) is 0 Å². The Morgan fingerprint density at radius 1 is 0.444 bits per heavy atom. The lowest BCUT2D eigenvalue weighted by Gasteiger charge is -2.44. The van der Waals surface area contributed by atoms with Crippen molar-refractivity contribution in [3.8, 4) is 0 Å². The van der Waals surface area contributed by atoms with Crippen molar-refractivity contribution in [1.82, 2.24) is 0 Å². The summed E-state index contributed by atoms with van der Waals surface area (Å²) in [6, 6.07) is 0. The quantitative estimate of drug-likeness (QED) is 0.561. The van der Waals surface area contributed by atoms with E-state index in [0.717, 1.165) is 35.5 Å². The molecule has 0 N–H and O–H groups in total. The largest absolute Gasteiger partial charge is 0.0625 e. The predicted molar refractivity (Wildman–Crippen MR) is 78.5 cm³/mol. The molecule has 4 unspecified atom stereocenters. The average Bonchev–Trinajstić information content (AvgIpc) is 2.39. The van der Waals surface area contributed by atoms with Crippen LogP contribution in [0.4, 0.5) is 0 Å². The monoisotopic (exact) mass is 248 g/mol. The zero-order valence-corrected chi connectivity index (χ0v) is 12.5. The summed E-state index contributed by atoms with van der Waals surface area (Å²) in [7, 11) is 0. The summed E-state index contributed by atoms with van der Waals surface area (Å²) in [4.78, 5) is 0. The first-order valence-corrected chi connectivity index (χ1v) is 8.72. The van der Waals surface area contributed by atoms with E-state index in [0.29, 0.717) is 0 Å². The molecule has 0 aromatic heterocycles. The second kappa shape index (κ2) is 5.55. The average molecular weight is 248 g/mol. The molecule has 0 aromatic rings. The second-order valence-electron chi connectivity index (χ2n) is 8.03. The van der Waals surface area contributed by atoms with Gasteiger partial charge in [-0.25, -0.2) is 0 Å². The number of hydrogen-bond acceptors (Lipinski definition) is 0. The lowest BCUT2D eigenvalue weighted by atomic mass is 9.61. The third kappa shape index (κ3) is 2.78. The minimum atomic E-state index is 1.02. The van der Waals surface area contributed by atoms with Gasteiger partial charge in [0.25, 0.3) is 0 Å². The van der Waals surface area contributed by atoms with Gasteiger partial charge in [-0.05, 0) is 80.5 Å². The maximum absolute atomic E-state index is 2.48. The molecule has 3 aliphatic carbocycles. The van der Waals surface area contributed by atoms with Crippen LogP contribution in [-0.4, -0.2) is 0 Å². The zero-order chi connectivity index (χ0) is 12.5. The molecule has 3 fully saturated rings. The van der Waals surface area contributed by atoms with Crippen molar-refractivity contribution in [3.63, 3.8) is 0 Å². The predicted octanol–water partition coefficient (Wildman–Crippen LogP) is 5.67. The van der Waals surface area contributed by atoms with Crippen molar-refractivity contribution >= 4 is 0 Å². The minimum absolute atomic E-state index is 1.02. The van der Waals surface area contributed by atoms with Gasteiger partial charge in [0.05, 0.1) is 0 Å². The Kier molecular flexibility index (Phi) is 4.01. The van der Waals surface area contributed by atoms with Crippen LogP contribution >= 0.6 is 0 Å². The molecule has 0 bridgehead atoms. The van der Waals surface area contributed by atoms with E-state index < -0.39 is 0 Å². The van der Waals surface area contributed by atoms with Crippen LogP contribution in [0.25, 0.3) is 0 Å². The van der Waals surface area contributed by atoms with Crippen molar-refractivity contribution in [2.75, 3.05) is 0 Å². The summed E-state index contributed by atoms with van der Waals surface area (Å²) in [5.74, 6) is 6.52. The molecule has 4 atom stereocenters. The van der Waals surface area contributed by atoms with Gasteiger partial charge in [-0.3, -0.25) is 0 Å². The SMILES string of the molecule is CC1CCC(C2CCC3CC(C)CCC3C2)CC1. The van der Waals surface area contributed by atoms with E-state index in [-0.39, 0.29) is 0 Å². The van der Waals surface area contributed by atoms with E-state index in [9.17, 15) is 0 Å². The van der Waals surface area contributed by atoms with E-state index in [1.54, 1.807) is 44.9 Å². The summed E-state index contributed by atoms with van der Waals surface area (Å²) in [6.07, 6.45) is 15.5. The Hall–Kier alpha value is 0. The van der Waals surface area contributed by atoms with Crippen molar-refractivity contribution < 1.29 is 0 Å². The molecule has 0 aromatic carbocycles. The minimum Gasteiger partial charge on any atom is -0.0625 e. The molecule has 0 aliphatic heterocycles. The fraction of sp³-hybridized carbons (Fsp3) is 1.00. The lowest BCUT2D eigenvalue weighted by Crippen LogP contribution is -2.34. The van der Waals surface area contributed by atoms with Crippen LogP contribution in [-0.2, 0) is 0 Å². The smallest absolute Gasteiger partial charge is 0.0383 e. The van der Waals surface area contributed by atoms with Crippen molar-refractivity contribution in [3.05, 3.63) is 0 Å². The first-order chi connectivity index (χ1) is 8.72. The van der Waals surface area contributed by atoms with Crippen LogP contribution in [0.15, 0.2) is 0 Å². The summed E-state index contributed by atoms with van der Waals surface area (Å²) in [5, 5.41) is 0. The van der Waals surface area contributed by atoms with Gasteiger partial charge in [0.2, 0.25) is 0 Å². The summed E-state index contributed by atoms with van der Waals surface area (Å²) in [5.41, 5.74) is 0. The van der Waals surface area contributed by atoms with Gasteiger partial charge in [0.15, 0.2) is 0 Å². The molecule has 0 spiro atoms. The lowest BCUT2D eigenvalue weighted by molar-refractivity contribution is 0.0646. The highest BCUT2D eigenvalue weighted by Gasteiger charge is 2.37. The van der Waals surface area contributed by atoms with Gasteiger partial charge in [-0.2, -0.15) is 0 Å². The number of rotatable bonds is 1. The van der Waals surface area contributed by atoms with Gasteiger partial charge in [0.1, 0.15) is 0 Å². The molecule has 0 nitrogen and oxygen atoms in total. The number of fused-ring (bicyclic) bond motifs is 1. The van der Waals surface area contributed by atoms with Crippen molar-refractivity contribution in [2.45, 2.75) is 78.1 Å². The Bertz CT molecular complexity index is 258. The van der Waals surface area contributed by atoms with E-state index in [2.05, 4.69) is 13.8 Å². The molecule has 0 heterocycles. The summed E-state index contributed by atoms with van der Waals surface area (Å²) in [6.45, 7) is 4.93. The third-order valence-electron chi connectivity index (χ3n) is 6.64. The Morgan fingerprint density at radius 2 is 0.889 bits per heavy atom. The first kappa shape index (κ1) is 13.0. The highest BCUT2D eigenvalue weighted by Crippen LogP contribution is 2.48. The molecule has 18 heavy (non-hydrogen) atoms. The van der Waals surface area contributed by atoms with Crippen LogP contribution in [0.3, 0.4) is 0 Å². The van der Waals surface area contributed by atoms with E-state index in [1.165, 1.54) is 19.3 Å². The van der Waals surface area contributed by atoms with Crippen LogP contribution in [0.2, 0.25) is 0 Å². The van der Waals surface area contributed by atoms with Crippen molar-refractivity contribution in [1.29, 1.82) is 0 Å². The van der Waals surface area contributed by atoms with Gasteiger partial charge in [-0.1, -0.05) is 33.1 Å². The normalized spacial score (nSPS) is 49.7. The van der Waals surface area contributed by atoms with Crippen LogP contribution < -0.4 is 0 Å². The maximum atomic E-state index is 2.48. The second-order valence-corrected chi connectivity index (χ2v) is 8.03. The molecule has 104 valence electrons. The summed E-state index contributed by atoms with van der Waals surface area (Å²) < 4.78 is 0.